The van der Waals surface area contributed by atoms with E-state index in [0.717, 1.165) is 22.4 Å². The van der Waals surface area contributed by atoms with Crippen molar-refractivity contribution in [2.24, 2.45) is 0 Å². The van der Waals surface area contributed by atoms with E-state index in [1.165, 1.54) is 16.9 Å². The number of carbonyl (C=O) groups is 1. The number of anilines is 1. The molecule has 1 aromatic carbocycles. The molecule has 0 aliphatic heterocycles. The zero-order valence-corrected chi connectivity index (χ0v) is 12.2. The Kier molecular flexibility index (Phi) is 4.60. The maximum Gasteiger partial charge on any atom is 0.226 e. The molecule has 18 heavy (non-hydrogen) atoms. The number of aryl methyl sites for hydroxylation is 1. The van der Waals surface area contributed by atoms with Gasteiger partial charge in [0.25, 0.3) is 0 Å². The molecular formula is C13H16N2OS2. The zero-order chi connectivity index (χ0) is 13.0. The average Bonchev–Trinajstić information content (AvgIpc) is 2.77. The Hall–Kier alpha value is -1.07. The molecule has 0 atom stereocenters. The number of carbonyl (C=O) groups excluding carboxylic acids is 1. The number of nitrogens with one attached hydrogen (secondary N) is 1. The topological polar surface area (TPSA) is 42.0 Å². The molecular weight excluding hydrogens is 264 g/mol. The highest BCUT2D eigenvalue weighted by molar-refractivity contribution is 7.98. The first kappa shape index (κ1) is 13.4. The molecule has 96 valence electrons. The van der Waals surface area contributed by atoms with Gasteiger partial charge < -0.3 is 5.32 Å². The third kappa shape index (κ3) is 3.23. The molecule has 0 fully saturated rings. The van der Waals surface area contributed by atoms with Crippen LogP contribution in [0.4, 0.5) is 5.13 Å². The van der Waals surface area contributed by atoms with Crippen molar-refractivity contribution in [1.82, 2.24) is 4.98 Å². The van der Waals surface area contributed by atoms with E-state index in [1.54, 1.807) is 11.8 Å². The summed E-state index contributed by atoms with van der Waals surface area (Å²) < 4.78 is 1.13. The maximum absolute atomic E-state index is 11.6. The number of benzene rings is 1. The van der Waals surface area contributed by atoms with Crippen LogP contribution >= 0.6 is 23.1 Å². The largest absolute Gasteiger partial charge is 0.302 e. The van der Waals surface area contributed by atoms with Gasteiger partial charge in [-0.25, -0.2) is 4.98 Å². The second-order valence-electron chi connectivity index (χ2n) is 3.97. The molecule has 0 aliphatic rings. The van der Waals surface area contributed by atoms with Gasteiger partial charge in [0.15, 0.2) is 5.13 Å². The third-order valence-electron chi connectivity index (χ3n) is 2.64. The molecule has 0 bridgehead atoms. The number of thioether (sulfide) groups is 1. The Labute approximate surface area is 115 Å². The average molecular weight is 280 g/mol. The van der Waals surface area contributed by atoms with Crippen LogP contribution < -0.4 is 5.32 Å². The zero-order valence-electron chi connectivity index (χ0n) is 10.5. The Morgan fingerprint density at radius 2 is 2.33 bits per heavy atom. The summed E-state index contributed by atoms with van der Waals surface area (Å²) >= 11 is 3.21. The van der Waals surface area contributed by atoms with E-state index < -0.39 is 0 Å². The molecule has 0 saturated carbocycles. The maximum atomic E-state index is 11.6. The summed E-state index contributed by atoms with van der Waals surface area (Å²) in [5, 5.41) is 3.56. The smallest absolute Gasteiger partial charge is 0.226 e. The third-order valence-corrected chi connectivity index (χ3v) is 4.19. The van der Waals surface area contributed by atoms with Crippen LogP contribution in [0.5, 0.6) is 0 Å². The minimum absolute atomic E-state index is 0.0409. The lowest BCUT2D eigenvalue weighted by atomic mass is 10.2. The number of thiazole rings is 1. The van der Waals surface area contributed by atoms with Crippen molar-refractivity contribution in [3.05, 3.63) is 23.8 Å². The van der Waals surface area contributed by atoms with Crippen LogP contribution in [-0.4, -0.2) is 22.9 Å². The molecule has 2 rings (SSSR count). The van der Waals surface area contributed by atoms with Crippen LogP contribution in [0.15, 0.2) is 18.2 Å². The summed E-state index contributed by atoms with van der Waals surface area (Å²) in [5.74, 6) is 0.885. The van der Waals surface area contributed by atoms with Crippen molar-refractivity contribution in [2.45, 2.75) is 19.8 Å². The molecule has 1 N–H and O–H groups in total. The monoisotopic (exact) mass is 280 g/mol. The standard InChI is InChI=1S/C13H16N2OS2/c1-3-9-4-5-10-11(8-9)18-13(14-10)15-12(16)6-7-17-2/h4-5,8H,3,6-7H2,1-2H3,(H,14,15,16). The van der Waals surface area contributed by atoms with Gasteiger partial charge in [0.05, 0.1) is 10.2 Å². The predicted molar refractivity (Wildman–Crippen MR) is 80.6 cm³/mol. The van der Waals surface area contributed by atoms with Crippen LogP contribution in [0.25, 0.3) is 10.2 Å². The summed E-state index contributed by atoms with van der Waals surface area (Å²) in [6.07, 6.45) is 3.55. The Bertz CT molecular complexity index is 551. The van der Waals surface area contributed by atoms with Gasteiger partial charge in [-0.15, -0.1) is 0 Å². The lowest BCUT2D eigenvalue weighted by Crippen LogP contribution is -2.11. The normalized spacial score (nSPS) is 10.8. The summed E-state index contributed by atoms with van der Waals surface area (Å²) in [6.45, 7) is 2.13. The van der Waals surface area contributed by atoms with E-state index in [1.807, 2.05) is 12.3 Å². The van der Waals surface area contributed by atoms with Crippen LogP contribution in [0.2, 0.25) is 0 Å². The number of hydrogen-bond donors (Lipinski definition) is 1. The fourth-order valence-corrected chi connectivity index (χ4v) is 2.95. The van der Waals surface area contributed by atoms with Gasteiger partial charge in [0, 0.05) is 12.2 Å². The Balaban J connectivity index is 2.12. The molecule has 2 aromatic rings. The minimum Gasteiger partial charge on any atom is -0.302 e. The lowest BCUT2D eigenvalue weighted by molar-refractivity contribution is -0.115. The molecule has 0 aliphatic carbocycles. The van der Waals surface area contributed by atoms with Crippen molar-refractivity contribution >= 4 is 44.4 Å². The highest BCUT2D eigenvalue weighted by Crippen LogP contribution is 2.27. The summed E-state index contributed by atoms with van der Waals surface area (Å²) in [7, 11) is 0. The number of nitrogens with zero attached hydrogens (tertiary/aromatic N) is 1. The van der Waals surface area contributed by atoms with Gasteiger partial charge in [0.1, 0.15) is 0 Å². The van der Waals surface area contributed by atoms with E-state index in [2.05, 4.69) is 29.4 Å². The lowest BCUT2D eigenvalue weighted by Gasteiger charge is -1.98. The highest BCUT2D eigenvalue weighted by atomic mass is 32.2. The van der Waals surface area contributed by atoms with E-state index in [0.29, 0.717) is 11.6 Å². The van der Waals surface area contributed by atoms with Crippen LogP contribution in [0.1, 0.15) is 18.9 Å². The second kappa shape index (κ2) is 6.20. The van der Waals surface area contributed by atoms with Gasteiger partial charge in [-0.2, -0.15) is 11.8 Å². The Morgan fingerprint density at radius 3 is 3.06 bits per heavy atom. The van der Waals surface area contributed by atoms with E-state index >= 15 is 0 Å². The van der Waals surface area contributed by atoms with Crippen LogP contribution in [0.3, 0.4) is 0 Å². The first-order valence-electron chi connectivity index (χ1n) is 5.91. The van der Waals surface area contributed by atoms with Crippen molar-refractivity contribution in [3.8, 4) is 0 Å². The molecule has 5 heteroatoms. The SMILES string of the molecule is CCc1ccc2nc(NC(=O)CCSC)sc2c1. The predicted octanol–water partition coefficient (Wildman–Crippen LogP) is 3.55. The van der Waals surface area contributed by atoms with Crippen molar-refractivity contribution in [2.75, 3.05) is 17.3 Å². The molecule has 1 heterocycles. The second-order valence-corrected chi connectivity index (χ2v) is 5.98. The van der Waals surface area contributed by atoms with Crippen molar-refractivity contribution in [3.63, 3.8) is 0 Å². The highest BCUT2D eigenvalue weighted by Gasteiger charge is 2.07. The fourth-order valence-electron chi connectivity index (χ4n) is 1.62. The van der Waals surface area contributed by atoms with Crippen molar-refractivity contribution in [1.29, 1.82) is 0 Å². The summed E-state index contributed by atoms with van der Waals surface area (Å²) in [4.78, 5) is 16.0. The molecule has 0 unspecified atom stereocenters. The Morgan fingerprint density at radius 1 is 1.50 bits per heavy atom. The molecule has 1 amide bonds. The first-order chi connectivity index (χ1) is 8.72. The molecule has 3 nitrogen and oxygen atoms in total. The number of rotatable bonds is 5. The number of hydrogen-bond acceptors (Lipinski definition) is 4. The summed E-state index contributed by atoms with van der Waals surface area (Å²) in [5.41, 5.74) is 2.25. The summed E-state index contributed by atoms with van der Waals surface area (Å²) in [6, 6.07) is 6.24. The molecule has 0 spiro atoms. The minimum atomic E-state index is 0.0409. The number of fused-ring (bicyclic) bond motifs is 1. The first-order valence-corrected chi connectivity index (χ1v) is 8.12. The molecule has 0 radical (unpaired) electrons. The van der Waals surface area contributed by atoms with Crippen LogP contribution in [0, 0.1) is 0 Å². The van der Waals surface area contributed by atoms with Gasteiger partial charge in [-0.05, 0) is 30.4 Å². The molecule has 1 aromatic heterocycles. The fraction of sp³-hybridized carbons (Fsp3) is 0.385. The van der Waals surface area contributed by atoms with E-state index in [-0.39, 0.29) is 5.91 Å². The van der Waals surface area contributed by atoms with E-state index in [9.17, 15) is 4.79 Å². The number of aromatic nitrogens is 1. The molecule has 0 saturated heterocycles. The van der Waals surface area contributed by atoms with Gasteiger partial charge in [-0.1, -0.05) is 24.3 Å². The van der Waals surface area contributed by atoms with Gasteiger partial charge in [0.2, 0.25) is 5.91 Å². The van der Waals surface area contributed by atoms with Gasteiger partial charge >= 0.3 is 0 Å². The van der Waals surface area contributed by atoms with Crippen molar-refractivity contribution < 1.29 is 4.79 Å². The number of amides is 1. The van der Waals surface area contributed by atoms with Crippen LogP contribution in [-0.2, 0) is 11.2 Å². The quantitative estimate of drug-likeness (QED) is 0.910. The van der Waals surface area contributed by atoms with Gasteiger partial charge in [-0.3, -0.25) is 4.79 Å². The van der Waals surface area contributed by atoms with E-state index in [4.69, 9.17) is 0 Å².